The maximum absolute atomic E-state index is 12.6. The van der Waals surface area contributed by atoms with Crippen LogP contribution in [0.3, 0.4) is 0 Å². The summed E-state index contributed by atoms with van der Waals surface area (Å²) in [6.45, 7) is 7.64. The lowest BCUT2D eigenvalue weighted by molar-refractivity contribution is -0.138. The van der Waals surface area contributed by atoms with Crippen molar-refractivity contribution in [2.45, 2.75) is 58.5 Å². The van der Waals surface area contributed by atoms with Crippen molar-refractivity contribution in [3.8, 4) is 11.1 Å². The molecular weight excluding hydrogens is 420 g/mol. The molecule has 1 aliphatic rings. The van der Waals surface area contributed by atoms with Crippen molar-refractivity contribution in [3.63, 3.8) is 0 Å². The Morgan fingerprint density at radius 1 is 0.970 bits per heavy atom. The Morgan fingerprint density at radius 2 is 1.52 bits per heavy atom. The second kappa shape index (κ2) is 10.1. The van der Waals surface area contributed by atoms with Gasteiger partial charge in [0.2, 0.25) is 5.91 Å². The first-order chi connectivity index (χ1) is 15.5. The van der Waals surface area contributed by atoms with Crippen molar-refractivity contribution in [1.82, 2.24) is 10.6 Å². The number of hydrogen-bond donors (Lipinski definition) is 3. The molecule has 3 N–H and O–H groups in total. The van der Waals surface area contributed by atoms with Crippen molar-refractivity contribution in [2.24, 2.45) is 5.41 Å². The smallest absolute Gasteiger partial charge is 0.407 e. The summed E-state index contributed by atoms with van der Waals surface area (Å²) in [6, 6.07) is 14.7. The third kappa shape index (κ3) is 6.34. The fourth-order valence-corrected chi connectivity index (χ4v) is 4.33. The van der Waals surface area contributed by atoms with Crippen LogP contribution >= 0.6 is 0 Å². The van der Waals surface area contributed by atoms with Crippen molar-refractivity contribution in [2.75, 3.05) is 6.61 Å². The summed E-state index contributed by atoms with van der Waals surface area (Å²) in [6.07, 6.45) is -0.367. The zero-order chi connectivity index (χ0) is 24.2. The van der Waals surface area contributed by atoms with Gasteiger partial charge in [-0.2, -0.15) is 0 Å². The highest BCUT2D eigenvalue weighted by molar-refractivity contribution is 5.86. The summed E-state index contributed by atoms with van der Waals surface area (Å²) in [5.41, 5.74) is 4.33. The van der Waals surface area contributed by atoms with E-state index in [1.807, 2.05) is 57.2 Å². The van der Waals surface area contributed by atoms with Crippen LogP contribution in [0.4, 0.5) is 4.79 Å². The van der Waals surface area contributed by atoms with E-state index in [1.165, 1.54) is 0 Å². The molecule has 7 nitrogen and oxygen atoms in total. The van der Waals surface area contributed by atoms with Crippen LogP contribution in [0.2, 0.25) is 0 Å². The van der Waals surface area contributed by atoms with Gasteiger partial charge in [0.15, 0.2) is 0 Å². The Balaban J connectivity index is 1.57. The maximum Gasteiger partial charge on any atom is 0.407 e. The van der Waals surface area contributed by atoms with Gasteiger partial charge in [-0.15, -0.1) is 0 Å². The number of rotatable bonds is 8. The van der Waals surface area contributed by atoms with E-state index in [0.717, 1.165) is 22.3 Å². The SMILES string of the molecule is CC(NC(=O)OCC1c2ccccc2-c2ccccc21)C(=O)NC(CC(=O)O)CC(C)(C)C. The Hall–Kier alpha value is -3.35. The molecule has 2 aromatic rings. The van der Waals surface area contributed by atoms with Gasteiger partial charge in [-0.1, -0.05) is 69.3 Å². The van der Waals surface area contributed by atoms with Gasteiger partial charge >= 0.3 is 12.1 Å². The number of hydrogen-bond acceptors (Lipinski definition) is 4. The van der Waals surface area contributed by atoms with Gasteiger partial charge in [0.05, 0.1) is 6.42 Å². The fraction of sp³-hybridized carbons (Fsp3) is 0.423. The third-order valence-corrected chi connectivity index (χ3v) is 5.70. The average molecular weight is 453 g/mol. The molecular formula is C26H32N2O5. The lowest BCUT2D eigenvalue weighted by Crippen LogP contribution is -2.49. The summed E-state index contributed by atoms with van der Waals surface area (Å²) in [5.74, 6) is -1.50. The molecule has 0 saturated heterocycles. The van der Waals surface area contributed by atoms with Crippen LogP contribution in [-0.4, -0.2) is 41.8 Å². The maximum atomic E-state index is 12.6. The minimum absolute atomic E-state index is 0.0704. The number of carboxylic acid groups (broad SMARTS) is 1. The average Bonchev–Trinajstić information content (AvgIpc) is 3.04. The van der Waals surface area contributed by atoms with Gasteiger partial charge in [-0.05, 0) is 41.0 Å². The highest BCUT2D eigenvalue weighted by Crippen LogP contribution is 2.44. The molecule has 1 aliphatic carbocycles. The minimum atomic E-state index is -0.985. The first-order valence-electron chi connectivity index (χ1n) is 11.2. The third-order valence-electron chi connectivity index (χ3n) is 5.70. The molecule has 0 saturated carbocycles. The Labute approximate surface area is 194 Å². The number of aliphatic carboxylic acids is 1. The molecule has 33 heavy (non-hydrogen) atoms. The summed E-state index contributed by atoms with van der Waals surface area (Å²) in [5, 5.41) is 14.4. The van der Waals surface area contributed by atoms with E-state index in [1.54, 1.807) is 6.92 Å². The second-order valence-corrected chi connectivity index (χ2v) is 9.76. The molecule has 176 valence electrons. The van der Waals surface area contributed by atoms with Crippen LogP contribution in [-0.2, 0) is 14.3 Å². The number of carbonyl (C=O) groups excluding carboxylic acids is 2. The van der Waals surface area contributed by atoms with Crippen LogP contribution < -0.4 is 10.6 Å². The monoisotopic (exact) mass is 452 g/mol. The largest absolute Gasteiger partial charge is 0.481 e. The predicted molar refractivity (Wildman–Crippen MR) is 126 cm³/mol. The first-order valence-corrected chi connectivity index (χ1v) is 11.2. The zero-order valence-corrected chi connectivity index (χ0v) is 19.6. The highest BCUT2D eigenvalue weighted by atomic mass is 16.5. The number of nitrogens with one attached hydrogen (secondary N) is 2. The Kier molecular flexibility index (Phi) is 7.41. The molecule has 0 aliphatic heterocycles. The number of benzene rings is 2. The van der Waals surface area contributed by atoms with Gasteiger partial charge in [0.1, 0.15) is 12.6 Å². The number of ether oxygens (including phenoxy) is 1. The number of carbonyl (C=O) groups is 3. The van der Waals surface area contributed by atoms with E-state index in [4.69, 9.17) is 9.84 Å². The predicted octanol–water partition coefficient (Wildman–Crippen LogP) is 4.31. The van der Waals surface area contributed by atoms with Crippen LogP contribution in [0.25, 0.3) is 11.1 Å². The van der Waals surface area contributed by atoms with E-state index in [0.29, 0.717) is 6.42 Å². The van der Waals surface area contributed by atoms with Gasteiger partial charge in [0.25, 0.3) is 0 Å². The van der Waals surface area contributed by atoms with E-state index in [9.17, 15) is 14.4 Å². The summed E-state index contributed by atoms with van der Waals surface area (Å²) in [7, 11) is 0. The molecule has 0 bridgehead atoms. The number of fused-ring (bicyclic) bond motifs is 3. The molecule has 7 heteroatoms. The molecule has 0 radical (unpaired) electrons. The Morgan fingerprint density at radius 3 is 2.03 bits per heavy atom. The highest BCUT2D eigenvalue weighted by Gasteiger charge is 2.30. The number of amides is 2. The van der Waals surface area contributed by atoms with E-state index in [2.05, 4.69) is 22.8 Å². The second-order valence-electron chi connectivity index (χ2n) is 9.76. The molecule has 0 fully saturated rings. The molecule has 2 amide bonds. The molecule has 0 aromatic heterocycles. The topological polar surface area (TPSA) is 105 Å². The first kappa shape index (κ1) is 24.3. The van der Waals surface area contributed by atoms with Gasteiger partial charge in [-0.25, -0.2) is 4.79 Å². The lowest BCUT2D eigenvalue weighted by atomic mass is 9.87. The van der Waals surface area contributed by atoms with E-state index in [-0.39, 0.29) is 24.4 Å². The summed E-state index contributed by atoms with van der Waals surface area (Å²) < 4.78 is 5.49. The van der Waals surface area contributed by atoms with Gasteiger partial charge in [0, 0.05) is 12.0 Å². The van der Waals surface area contributed by atoms with Crippen molar-refractivity contribution < 1.29 is 24.2 Å². The number of carboxylic acids is 1. The van der Waals surface area contributed by atoms with Crippen molar-refractivity contribution >= 4 is 18.0 Å². The zero-order valence-electron chi connectivity index (χ0n) is 19.6. The van der Waals surface area contributed by atoms with Crippen LogP contribution in [0.5, 0.6) is 0 Å². The van der Waals surface area contributed by atoms with Crippen LogP contribution in [0, 0.1) is 5.41 Å². The summed E-state index contributed by atoms with van der Waals surface area (Å²) in [4.78, 5) is 36.2. The molecule has 0 spiro atoms. The van der Waals surface area contributed by atoms with Gasteiger partial charge in [-0.3, -0.25) is 9.59 Å². The normalized spacial score (nSPS) is 14.5. The van der Waals surface area contributed by atoms with E-state index < -0.39 is 30.1 Å². The van der Waals surface area contributed by atoms with Crippen LogP contribution in [0.15, 0.2) is 48.5 Å². The number of alkyl carbamates (subject to hydrolysis) is 1. The van der Waals surface area contributed by atoms with Crippen LogP contribution in [0.1, 0.15) is 57.6 Å². The minimum Gasteiger partial charge on any atom is -0.481 e. The van der Waals surface area contributed by atoms with Crippen molar-refractivity contribution in [3.05, 3.63) is 59.7 Å². The summed E-state index contributed by atoms with van der Waals surface area (Å²) >= 11 is 0. The Bertz CT molecular complexity index is 982. The molecule has 0 heterocycles. The van der Waals surface area contributed by atoms with E-state index >= 15 is 0 Å². The molecule has 2 atom stereocenters. The van der Waals surface area contributed by atoms with Crippen molar-refractivity contribution in [1.29, 1.82) is 0 Å². The lowest BCUT2D eigenvalue weighted by Gasteiger charge is -2.27. The molecule has 2 aromatic carbocycles. The standard InChI is InChI=1S/C26H32N2O5/c1-16(24(31)28-17(13-23(29)30)14-26(2,3)4)27-25(32)33-15-22-20-11-7-5-9-18(20)19-10-6-8-12-21(19)22/h5-12,16-17,22H,13-15H2,1-4H3,(H,27,32)(H,28,31)(H,29,30). The van der Waals surface area contributed by atoms with Gasteiger partial charge < -0.3 is 20.5 Å². The quantitative estimate of drug-likeness (QED) is 0.554. The molecule has 3 rings (SSSR count). The fourth-order valence-electron chi connectivity index (χ4n) is 4.33. The molecule has 2 unspecified atom stereocenters.